The quantitative estimate of drug-likeness (QED) is 0.830. The highest BCUT2D eigenvalue weighted by Gasteiger charge is 2.16. The van der Waals surface area contributed by atoms with Crippen molar-refractivity contribution >= 4 is 21.6 Å². The predicted molar refractivity (Wildman–Crippen MR) is 80.8 cm³/mol. The number of rotatable bonds is 6. The van der Waals surface area contributed by atoms with Gasteiger partial charge in [0.2, 0.25) is 10.0 Å². The van der Waals surface area contributed by atoms with Gasteiger partial charge < -0.3 is 10.1 Å². The van der Waals surface area contributed by atoms with E-state index in [1.807, 2.05) is 0 Å². The summed E-state index contributed by atoms with van der Waals surface area (Å²) < 4.78 is 30.7. The molecule has 0 aromatic heterocycles. The lowest BCUT2D eigenvalue weighted by Gasteiger charge is -2.11. The molecule has 2 N–H and O–H groups in total. The van der Waals surface area contributed by atoms with Crippen LogP contribution in [0.25, 0.3) is 0 Å². The normalized spacial score (nSPS) is 18.4. The van der Waals surface area contributed by atoms with Crippen LogP contribution in [0.4, 0.5) is 5.69 Å². The molecular weight excluding hydrogens is 292 g/mol. The van der Waals surface area contributed by atoms with Crippen LogP contribution in [-0.4, -0.2) is 39.3 Å². The molecular formula is C14H20N2O4S. The Kier molecular flexibility index (Phi) is 5.19. The summed E-state index contributed by atoms with van der Waals surface area (Å²) in [5.41, 5.74) is 0.944. The van der Waals surface area contributed by atoms with Gasteiger partial charge in [0.05, 0.1) is 11.9 Å². The van der Waals surface area contributed by atoms with Crippen LogP contribution in [0.5, 0.6) is 0 Å². The van der Waals surface area contributed by atoms with Crippen molar-refractivity contribution in [2.75, 3.05) is 23.6 Å². The van der Waals surface area contributed by atoms with E-state index in [9.17, 15) is 13.2 Å². The number of anilines is 1. The van der Waals surface area contributed by atoms with Crippen molar-refractivity contribution < 1.29 is 17.9 Å². The second-order valence-electron chi connectivity index (χ2n) is 4.93. The Morgan fingerprint density at radius 2 is 2.05 bits per heavy atom. The Hall–Kier alpha value is -1.60. The van der Waals surface area contributed by atoms with Gasteiger partial charge >= 0.3 is 0 Å². The molecule has 0 saturated carbocycles. The zero-order valence-corrected chi connectivity index (χ0v) is 12.8. The summed E-state index contributed by atoms with van der Waals surface area (Å²) >= 11 is 0. The number of carbonyl (C=O) groups excluding carboxylic acids is 1. The van der Waals surface area contributed by atoms with Crippen molar-refractivity contribution in [1.82, 2.24) is 5.32 Å². The third-order valence-electron chi connectivity index (χ3n) is 3.31. The Balaban J connectivity index is 1.90. The summed E-state index contributed by atoms with van der Waals surface area (Å²) in [7, 11) is -3.29. The van der Waals surface area contributed by atoms with Crippen molar-refractivity contribution in [1.29, 1.82) is 0 Å². The number of benzene rings is 1. The Morgan fingerprint density at radius 3 is 2.62 bits per heavy atom. The summed E-state index contributed by atoms with van der Waals surface area (Å²) in [4.78, 5) is 11.9. The highest BCUT2D eigenvalue weighted by atomic mass is 32.2. The fourth-order valence-corrected chi connectivity index (χ4v) is 2.69. The van der Waals surface area contributed by atoms with Crippen molar-refractivity contribution in [2.45, 2.75) is 25.9 Å². The summed E-state index contributed by atoms with van der Waals surface area (Å²) in [5.74, 6) is -0.174. The molecule has 1 unspecified atom stereocenters. The first-order valence-electron chi connectivity index (χ1n) is 7.00. The van der Waals surface area contributed by atoms with Gasteiger partial charge in [-0.3, -0.25) is 9.52 Å². The highest BCUT2D eigenvalue weighted by Crippen LogP contribution is 2.13. The maximum atomic E-state index is 11.9. The molecule has 0 radical (unpaired) electrons. The Labute approximate surface area is 124 Å². The van der Waals surface area contributed by atoms with Gasteiger partial charge in [-0.25, -0.2) is 8.42 Å². The molecule has 0 aliphatic carbocycles. The standard InChI is InChI=1S/C14H20N2O4S/c1-2-21(18,19)16-12-7-5-11(6-8-12)14(17)15-10-13-4-3-9-20-13/h5-8,13,16H,2-4,9-10H2,1H3,(H,15,17). The van der Waals surface area contributed by atoms with Crippen LogP contribution in [0, 0.1) is 0 Å². The molecule has 116 valence electrons. The molecule has 1 aromatic rings. The number of nitrogens with one attached hydrogen (secondary N) is 2. The van der Waals surface area contributed by atoms with E-state index in [1.165, 1.54) is 0 Å². The maximum absolute atomic E-state index is 11.9. The van der Waals surface area contributed by atoms with Crippen LogP contribution < -0.4 is 10.0 Å². The minimum absolute atomic E-state index is 0.0105. The number of hydrogen-bond acceptors (Lipinski definition) is 4. The lowest BCUT2D eigenvalue weighted by atomic mass is 10.2. The second kappa shape index (κ2) is 6.91. The van der Waals surface area contributed by atoms with Gasteiger partial charge in [0.25, 0.3) is 5.91 Å². The topological polar surface area (TPSA) is 84.5 Å². The van der Waals surface area contributed by atoms with Gasteiger partial charge in [-0.1, -0.05) is 0 Å². The van der Waals surface area contributed by atoms with Crippen molar-refractivity contribution in [3.05, 3.63) is 29.8 Å². The van der Waals surface area contributed by atoms with Crippen LogP contribution in [0.2, 0.25) is 0 Å². The van der Waals surface area contributed by atoms with Crippen molar-refractivity contribution in [2.24, 2.45) is 0 Å². The molecule has 7 heteroatoms. The molecule has 1 saturated heterocycles. The number of hydrogen-bond donors (Lipinski definition) is 2. The number of ether oxygens (including phenoxy) is 1. The predicted octanol–water partition coefficient (Wildman–Crippen LogP) is 1.36. The minimum atomic E-state index is -3.29. The van der Waals surface area contributed by atoms with E-state index in [0.29, 0.717) is 17.8 Å². The monoisotopic (exact) mass is 312 g/mol. The smallest absolute Gasteiger partial charge is 0.251 e. The maximum Gasteiger partial charge on any atom is 0.251 e. The zero-order valence-electron chi connectivity index (χ0n) is 12.0. The van der Waals surface area contributed by atoms with Crippen molar-refractivity contribution in [3.8, 4) is 0 Å². The fourth-order valence-electron chi connectivity index (χ4n) is 2.06. The summed E-state index contributed by atoms with van der Waals surface area (Å²) in [6.07, 6.45) is 2.11. The molecule has 1 aromatic carbocycles. The van der Waals surface area contributed by atoms with Crippen molar-refractivity contribution in [3.63, 3.8) is 0 Å². The van der Waals surface area contributed by atoms with Crippen LogP contribution in [0.1, 0.15) is 30.1 Å². The molecule has 1 aliphatic rings. The number of carbonyl (C=O) groups is 1. The minimum Gasteiger partial charge on any atom is -0.376 e. The molecule has 1 heterocycles. The molecule has 6 nitrogen and oxygen atoms in total. The van der Waals surface area contributed by atoms with E-state index in [2.05, 4.69) is 10.0 Å². The zero-order chi connectivity index (χ0) is 15.3. The molecule has 0 spiro atoms. The third-order valence-corrected chi connectivity index (χ3v) is 4.62. The molecule has 2 rings (SSSR count). The summed E-state index contributed by atoms with van der Waals surface area (Å²) in [5, 5.41) is 2.82. The van der Waals surface area contributed by atoms with Gasteiger partial charge in [-0.15, -0.1) is 0 Å². The van der Waals surface area contributed by atoms with Crippen LogP contribution in [0.3, 0.4) is 0 Å². The molecule has 1 amide bonds. The van der Waals surface area contributed by atoms with Gasteiger partial charge in [0.1, 0.15) is 0 Å². The fraction of sp³-hybridized carbons (Fsp3) is 0.500. The summed E-state index contributed by atoms with van der Waals surface area (Å²) in [6, 6.07) is 6.35. The lowest BCUT2D eigenvalue weighted by Crippen LogP contribution is -2.31. The van der Waals surface area contributed by atoms with Gasteiger partial charge in [-0.05, 0) is 44.0 Å². The van der Waals surface area contributed by atoms with E-state index in [0.717, 1.165) is 19.4 Å². The first-order chi connectivity index (χ1) is 10.00. The Bertz CT molecular complexity index is 577. The van der Waals surface area contributed by atoms with Gasteiger partial charge in [0.15, 0.2) is 0 Å². The van der Waals surface area contributed by atoms with Crippen LogP contribution >= 0.6 is 0 Å². The van der Waals surface area contributed by atoms with Crippen LogP contribution in [-0.2, 0) is 14.8 Å². The molecule has 21 heavy (non-hydrogen) atoms. The van der Waals surface area contributed by atoms with E-state index < -0.39 is 10.0 Å². The largest absolute Gasteiger partial charge is 0.376 e. The first kappa shape index (κ1) is 15.8. The average Bonchev–Trinajstić information content (AvgIpc) is 2.98. The van der Waals surface area contributed by atoms with Crippen LogP contribution in [0.15, 0.2) is 24.3 Å². The SMILES string of the molecule is CCS(=O)(=O)Nc1ccc(C(=O)NCC2CCCO2)cc1. The number of sulfonamides is 1. The van der Waals surface area contributed by atoms with E-state index in [1.54, 1.807) is 31.2 Å². The molecule has 1 fully saturated rings. The second-order valence-corrected chi connectivity index (χ2v) is 6.94. The van der Waals surface area contributed by atoms with Gasteiger partial charge in [0, 0.05) is 24.4 Å². The number of amides is 1. The molecule has 0 bridgehead atoms. The molecule has 1 atom stereocenters. The van der Waals surface area contributed by atoms with E-state index in [-0.39, 0.29) is 17.8 Å². The average molecular weight is 312 g/mol. The Morgan fingerprint density at radius 1 is 1.33 bits per heavy atom. The van der Waals surface area contributed by atoms with E-state index >= 15 is 0 Å². The third kappa shape index (κ3) is 4.71. The first-order valence-corrected chi connectivity index (χ1v) is 8.66. The lowest BCUT2D eigenvalue weighted by molar-refractivity contribution is 0.0858. The van der Waals surface area contributed by atoms with E-state index in [4.69, 9.17) is 4.74 Å². The van der Waals surface area contributed by atoms with Gasteiger partial charge in [-0.2, -0.15) is 0 Å². The highest BCUT2D eigenvalue weighted by molar-refractivity contribution is 7.92. The summed E-state index contributed by atoms with van der Waals surface area (Å²) in [6.45, 7) is 2.82. The molecule has 1 aliphatic heterocycles.